The average Bonchev–Trinajstić information content (AvgIpc) is 2.45. The Bertz CT molecular complexity index is 639. The van der Waals surface area contributed by atoms with Gasteiger partial charge in [0.25, 0.3) is 0 Å². The molecule has 2 aromatic carbocycles. The molecule has 0 atom stereocenters. The van der Waals surface area contributed by atoms with Gasteiger partial charge in [0.15, 0.2) is 0 Å². The van der Waals surface area contributed by atoms with Crippen LogP contribution in [0.5, 0.6) is 5.75 Å². The van der Waals surface area contributed by atoms with Gasteiger partial charge in [0.1, 0.15) is 12.4 Å². The first-order chi connectivity index (χ1) is 9.70. The predicted molar refractivity (Wildman–Crippen MR) is 83.6 cm³/mol. The molecule has 0 heterocycles. The summed E-state index contributed by atoms with van der Waals surface area (Å²) in [5.74, 6) is 6.72. The van der Waals surface area contributed by atoms with E-state index in [2.05, 4.69) is 27.8 Å². The third-order valence-electron chi connectivity index (χ3n) is 2.78. The highest BCUT2D eigenvalue weighted by atomic mass is 79.9. The van der Waals surface area contributed by atoms with Crippen molar-refractivity contribution in [3.63, 3.8) is 0 Å². The predicted octanol–water partition coefficient (Wildman–Crippen LogP) is 3.68. The Labute approximate surface area is 127 Å². The number of ether oxygens (including phenoxy) is 1. The molecule has 0 amide bonds. The Hall–Kier alpha value is -1.76. The smallest absolute Gasteiger partial charge is 0.149 e. The first-order valence-corrected chi connectivity index (χ1v) is 7.06. The van der Waals surface area contributed by atoms with Crippen LogP contribution >= 0.6 is 15.9 Å². The van der Waals surface area contributed by atoms with E-state index in [-0.39, 0.29) is 6.61 Å². The van der Waals surface area contributed by atoms with Crippen LogP contribution in [0, 0.1) is 18.8 Å². The Balaban J connectivity index is 2.07. The van der Waals surface area contributed by atoms with Crippen LogP contribution in [0.25, 0.3) is 0 Å². The number of benzene rings is 2. The minimum Gasteiger partial charge on any atom is -0.480 e. The normalized spacial score (nSPS) is 9.75. The molecule has 2 nitrogen and oxygen atoms in total. The van der Waals surface area contributed by atoms with Gasteiger partial charge in [0.2, 0.25) is 0 Å². The summed E-state index contributed by atoms with van der Waals surface area (Å²) in [5.41, 5.74) is 2.70. The molecule has 1 N–H and O–H groups in total. The van der Waals surface area contributed by atoms with Crippen LogP contribution in [0.1, 0.15) is 16.7 Å². The van der Waals surface area contributed by atoms with Crippen LogP contribution in [-0.4, -0.2) is 11.7 Å². The lowest BCUT2D eigenvalue weighted by Crippen LogP contribution is -2.00. The number of aryl methyl sites for hydroxylation is 1. The zero-order chi connectivity index (χ0) is 14.4. The number of aliphatic hydroxyl groups excluding tert-OH is 1. The molecule has 0 aliphatic rings. The van der Waals surface area contributed by atoms with Crippen LogP contribution in [-0.2, 0) is 6.61 Å². The molecule has 0 aliphatic heterocycles. The van der Waals surface area contributed by atoms with E-state index in [9.17, 15) is 5.11 Å². The second kappa shape index (κ2) is 7.14. The highest BCUT2D eigenvalue weighted by Gasteiger charge is 2.07. The van der Waals surface area contributed by atoms with Crippen molar-refractivity contribution in [3.8, 4) is 17.6 Å². The maximum absolute atomic E-state index is 9.36. The van der Waals surface area contributed by atoms with Crippen molar-refractivity contribution < 1.29 is 9.84 Å². The van der Waals surface area contributed by atoms with Gasteiger partial charge in [-0.2, -0.15) is 0 Å². The summed E-state index contributed by atoms with van der Waals surface area (Å²) in [4.78, 5) is 0. The van der Waals surface area contributed by atoms with E-state index in [1.807, 2.05) is 49.4 Å². The lowest BCUT2D eigenvalue weighted by molar-refractivity contribution is 0.270. The molecule has 0 spiro atoms. The molecule has 2 aromatic rings. The molecule has 0 unspecified atom stereocenters. The summed E-state index contributed by atoms with van der Waals surface area (Å²) in [6.07, 6.45) is 0. The van der Waals surface area contributed by atoms with E-state index in [4.69, 9.17) is 4.74 Å². The van der Waals surface area contributed by atoms with Gasteiger partial charge in [-0.1, -0.05) is 46.0 Å². The van der Waals surface area contributed by atoms with Crippen molar-refractivity contribution in [1.29, 1.82) is 0 Å². The van der Waals surface area contributed by atoms with Gasteiger partial charge in [0.05, 0.1) is 6.61 Å². The molecule has 0 saturated carbocycles. The molecule has 0 aliphatic carbocycles. The van der Waals surface area contributed by atoms with Gasteiger partial charge < -0.3 is 9.84 Å². The number of hydrogen-bond donors (Lipinski definition) is 1. The molecular formula is C17H15BrO2. The molecule has 0 saturated heterocycles. The number of hydrogen-bond acceptors (Lipinski definition) is 2. The summed E-state index contributed by atoms with van der Waals surface area (Å²) < 4.78 is 6.61. The van der Waals surface area contributed by atoms with Gasteiger partial charge >= 0.3 is 0 Å². The standard InChI is InChI=1S/C17H15BrO2/c1-13-10-16(18)11-15(12-19)17(13)20-9-5-8-14-6-3-2-4-7-14/h2-4,6-7,10-11,19H,9,12H2,1H3. The van der Waals surface area contributed by atoms with Crippen molar-refractivity contribution >= 4 is 15.9 Å². The van der Waals surface area contributed by atoms with E-state index in [0.29, 0.717) is 12.4 Å². The fourth-order valence-corrected chi connectivity index (χ4v) is 2.51. The van der Waals surface area contributed by atoms with Crippen LogP contribution < -0.4 is 4.74 Å². The zero-order valence-electron chi connectivity index (χ0n) is 11.2. The van der Waals surface area contributed by atoms with Gasteiger partial charge in [-0.15, -0.1) is 0 Å². The molecule has 3 heteroatoms. The first kappa shape index (κ1) is 14.6. The van der Waals surface area contributed by atoms with E-state index in [1.165, 1.54) is 0 Å². The summed E-state index contributed by atoms with van der Waals surface area (Å²) in [7, 11) is 0. The highest BCUT2D eigenvalue weighted by molar-refractivity contribution is 9.10. The van der Waals surface area contributed by atoms with Crippen LogP contribution in [0.15, 0.2) is 46.9 Å². The average molecular weight is 331 g/mol. The number of rotatable bonds is 3. The largest absolute Gasteiger partial charge is 0.480 e. The van der Waals surface area contributed by atoms with Crippen molar-refractivity contribution in [2.75, 3.05) is 6.61 Å². The van der Waals surface area contributed by atoms with Gasteiger partial charge in [-0.3, -0.25) is 0 Å². The second-order valence-electron chi connectivity index (χ2n) is 4.33. The zero-order valence-corrected chi connectivity index (χ0v) is 12.8. The first-order valence-electron chi connectivity index (χ1n) is 6.27. The minimum absolute atomic E-state index is 0.0538. The third-order valence-corrected chi connectivity index (χ3v) is 3.24. The molecule has 102 valence electrons. The molecule has 0 aromatic heterocycles. The minimum atomic E-state index is -0.0538. The summed E-state index contributed by atoms with van der Waals surface area (Å²) in [6.45, 7) is 2.19. The van der Waals surface area contributed by atoms with E-state index in [1.54, 1.807) is 0 Å². The Morgan fingerprint density at radius 3 is 2.65 bits per heavy atom. The van der Waals surface area contributed by atoms with Crippen LogP contribution in [0.3, 0.4) is 0 Å². The Morgan fingerprint density at radius 2 is 1.95 bits per heavy atom. The second-order valence-corrected chi connectivity index (χ2v) is 5.24. The van der Waals surface area contributed by atoms with Crippen molar-refractivity contribution in [2.24, 2.45) is 0 Å². The van der Waals surface area contributed by atoms with Crippen LogP contribution in [0.4, 0.5) is 0 Å². The fraction of sp³-hybridized carbons (Fsp3) is 0.176. The van der Waals surface area contributed by atoms with Crippen LogP contribution in [0.2, 0.25) is 0 Å². The SMILES string of the molecule is Cc1cc(Br)cc(CO)c1OCC#Cc1ccccc1. The molecule has 0 radical (unpaired) electrons. The highest BCUT2D eigenvalue weighted by Crippen LogP contribution is 2.28. The summed E-state index contributed by atoms with van der Waals surface area (Å²) >= 11 is 3.41. The third kappa shape index (κ3) is 3.86. The molecule has 0 bridgehead atoms. The Morgan fingerprint density at radius 1 is 1.20 bits per heavy atom. The van der Waals surface area contributed by atoms with Crippen molar-refractivity contribution in [1.82, 2.24) is 0 Å². The Kier molecular flexibility index (Phi) is 5.23. The maximum Gasteiger partial charge on any atom is 0.149 e. The van der Waals surface area contributed by atoms with Gasteiger partial charge in [-0.25, -0.2) is 0 Å². The number of halogens is 1. The van der Waals surface area contributed by atoms with E-state index in [0.717, 1.165) is 21.2 Å². The van der Waals surface area contributed by atoms with Crippen molar-refractivity contribution in [2.45, 2.75) is 13.5 Å². The topological polar surface area (TPSA) is 29.5 Å². The van der Waals surface area contributed by atoms with E-state index < -0.39 is 0 Å². The number of aliphatic hydroxyl groups is 1. The fourth-order valence-electron chi connectivity index (χ4n) is 1.89. The lowest BCUT2D eigenvalue weighted by atomic mass is 10.1. The lowest BCUT2D eigenvalue weighted by Gasteiger charge is -2.11. The molecular weight excluding hydrogens is 316 g/mol. The molecule has 0 fully saturated rings. The molecule has 20 heavy (non-hydrogen) atoms. The van der Waals surface area contributed by atoms with E-state index >= 15 is 0 Å². The van der Waals surface area contributed by atoms with Gasteiger partial charge in [0, 0.05) is 15.6 Å². The monoisotopic (exact) mass is 330 g/mol. The summed E-state index contributed by atoms with van der Waals surface area (Å²) in [5, 5.41) is 9.36. The van der Waals surface area contributed by atoms with Gasteiger partial charge in [-0.05, 0) is 36.8 Å². The quantitative estimate of drug-likeness (QED) is 0.870. The van der Waals surface area contributed by atoms with Crippen molar-refractivity contribution in [3.05, 3.63) is 63.6 Å². The summed E-state index contributed by atoms with van der Waals surface area (Å²) in [6, 6.07) is 13.6. The maximum atomic E-state index is 9.36. The molecule has 2 rings (SSSR count).